The third-order valence-electron chi connectivity index (χ3n) is 3.76. The van der Waals surface area contributed by atoms with Gasteiger partial charge in [-0.1, -0.05) is 12.1 Å². The molecule has 146 valence electrons. The van der Waals surface area contributed by atoms with Gasteiger partial charge < -0.3 is 19.2 Å². The van der Waals surface area contributed by atoms with Crippen molar-refractivity contribution in [2.75, 3.05) is 11.9 Å². The number of nitrogens with one attached hydrogen (secondary N) is 1. The molecule has 0 atom stereocenters. The minimum atomic E-state index is -0.562. The Hall–Kier alpha value is -3.07. The summed E-state index contributed by atoms with van der Waals surface area (Å²) in [5.41, 5.74) is 0.168. The van der Waals surface area contributed by atoms with Crippen molar-refractivity contribution < 1.29 is 23.5 Å². The molecule has 3 rings (SSSR count). The number of aryl methyl sites for hydroxylation is 1. The second kappa shape index (κ2) is 8.75. The molecule has 0 saturated heterocycles. The Kier molecular flexibility index (Phi) is 6.15. The minimum Gasteiger partial charge on any atom is -0.484 e. The van der Waals surface area contributed by atoms with E-state index in [1.54, 1.807) is 20.0 Å². The first-order valence-corrected chi connectivity index (χ1v) is 9.25. The van der Waals surface area contributed by atoms with Crippen LogP contribution in [0.15, 0.2) is 51.5 Å². The van der Waals surface area contributed by atoms with Crippen molar-refractivity contribution in [3.63, 3.8) is 0 Å². The van der Waals surface area contributed by atoms with Gasteiger partial charge in [0.15, 0.2) is 5.76 Å². The number of hydrogen-bond acceptors (Lipinski definition) is 6. The van der Waals surface area contributed by atoms with Crippen molar-refractivity contribution >= 4 is 33.6 Å². The first kappa shape index (κ1) is 19.7. The normalized spacial score (nSPS) is 10.5. The predicted molar refractivity (Wildman–Crippen MR) is 104 cm³/mol. The van der Waals surface area contributed by atoms with Crippen LogP contribution in [0.4, 0.5) is 5.82 Å². The highest BCUT2D eigenvalue weighted by Gasteiger charge is 2.21. The maximum atomic E-state index is 12.5. The Labute approximate surface area is 169 Å². The number of rotatable bonds is 7. The van der Waals surface area contributed by atoms with E-state index in [4.69, 9.17) is 13.9 Å². The first-order valence-electron chi connectivity index (χ1n) is 8.46. The molecule has 2 heterocycles. The van der Waals surface area contributed by atoms with E-state index < -0.39 is 11.9 Å². The van der Waals surface area contributed by atoms with Gasteiger partial charge in [0.25, 0.3) is 5.91 Å². The van der Waals surface area contributed by atoms with Crippen LogP contribution in [-0.4, -0.2) is 28.3 Å². The van der Waals surface area contributed by atoms with Crippen molar-refractivity contribution in [2.24, 2.45) is 7.05 Å². The number of para-hydroxylation sites is 1. The van der Waals surface area contributed by atoms with Crippen molar-refractivity contribution in [3.8, 4) is 5.75 Å². The molecule has 1 aromatic carbocycles. The average Bonchev–Trinajstić information content (AvgIpc) is 3.29. The Morgan fingerprint density at radius 2 is 2.04 bits per heavy atom. The lowest BCUT2D eigenvalue weighted by molar-refractivity contribution is 0.0527. The molecule has 0 radical (unpaired) electrons. The molecular formula is C19H18BrN3O5. The van der Waals surface area contributed by atoms with Crippen LogP contribution in [-0.2, 0) is 18.4 Å². The summed E-state index contributed by atoms with van der Waals surface area (Å²) in [7, 11) is 1.61. The number of ether oxygens (including phenoxy) is 2. The second-order valence-electron chi connectivity index (χ2n) is 5.69. The molecular weight excluding hydrogens is 430 g/mol. The van der Waals surface area contributed by atoms with Gasteiger partial charge >= 0.3 is 5.97 Å². The summed E-state index contributed by atoms with van der Waals surface area (Å²) in [4.78, 5) is 24.5. The molecule has 0 unspecified atom stereocenters. The number of hydrogen-bond donors (Lipinski definition) is 1. The summed E-state index contributed by atoms with van der Waals surface area (Å²) in [5, 5.41) is 6.62. The SMILES string of the molecule is CCOC(=O)c1cnn(C)c1NC(=O)c1ccc(COc2ccccc2Br)o1. The van der Waals surface area contributed by atoms with Crippen molar-refractivity contribution in [3.05, 3.63) is 64.2 Å². The maximum Gasteiger partial charge on any atom is 0.343 e. The zero-order valence-electron chi connectivity index (χ0n) is 15.3. The molecule has 0 fully saturated rings. The molecule has 2 aromatic heterocycles. The maximum absolute atomic E-state index is 12.5. The monoisotopic (exact) mass is 447 g/mol. The van der Waals surface area contributed by atoms with Crippen LogP contribution >= 0.6 is 15.9 Å². The summed E-state index contributed by atoms with van der Waals surface area (Å²) in [6.07, 6.45) is 1.34. The summed E-state index contributed by atoms with van der Waals surface area (Å²) in [5.74, 6) is 0.386. The summed E-state index contributed by atoms with van der Waals surface area (Å²) in [6, 6.07) is 10.6. The lowest BCUT2D eigenvalue weighted by Crippen LogP contribution is -2.17. The van der Waals surface area contributed by atoms with E-state index >= 15 is 0 Å². The van der Waals surface area contributed by atoms with Crippen LogP contribution in [0, 0.1) is 0 Å². The van der Waals surface area contributed by atoms with E-state index in [0.717, 1.165) is 4.47 Å². The van der Waals surface area contributed by atoms with Crippen LogP contribution in [0.1, 0.15) is 33.6 Å². The molecule has 8 nitrogen and oxygen atoms in total. The van der Waals surface area contributed by atoms with E-state index in [9.17, 15) is 9.59 Å². The molecule has 1 amide bonds. The molecule has 28 heavy (non-hydrogen) atoms. The van der Waals surface area contributed by atoms with Gasteiger partial charge in [0.05, 0.1) is 17.3 Å². The number of nitrogens with zero attached hydrogens (tertiary/aromatic N) is 2. The van der Waals surface area contributed by atoms with Crippen LogP contribution in [0.3, 0.4) is 0 Å². The summed E-state index contributed by atoms with van der Waals surface area (Å²) < 4.78 is 18.4. The smallest absolute Gasteiger partial charge is 0.343 e. The van der Waals surface area contributed by atoms with E-state index in [1.165, 1.54) is 16.9 Å². The Morgan fingerprint density at radius 1 is 1.25 bits per heavy atom. The third kappa shape index (κ3) is 4.42. The zero-order valence-corrected chi connectivity index (χ0v) is 16.9. The molecule has 0 aliphatic heterocycles. The predicted octanol–water partition coefficient (Wildman–Crippen LogP) is 3.78. The molecule has 9 heteroatoms. The minimum absolute atomic E-state index is 0.0849. The number of esters is 1. The van der Waals surface area contributed by atoms with E-state index in [2.05, 4.69) is 26.3 Å². The van der Waals surface area contributed by atoms with Gasteiger partial charge in [0.1, 0.15) is 29.5 Å². The quantitative estimate of drug-likeness (QED) is 0.553. The third-order valence-corrected chi connectivity index (χ3v) is 4.41. The number of halogens is 1. The number of furan rings is 1. The fourth-order valence-electron chi connectivity index (χ4n) is 2.40. The number of aromatic nitrogens is 2. The number of carbonyl (C=O) groups excluding carboxylic acids is 2. The molecule has 0 bridgehead atoms. The van der Waals surface area contributed by atoms with Crippen LogP contribution in [0.25, 0.3) is 0 Å². The van der Waals surface area contributed by atoms with Crippen LogP contribution in [0.2, 0.25) is 0 Å². The van der Waals surface area contributed by atoms with Gasteiger partial charge in [-0.05, 0) is 47.1 Å². The molecule has 3 aromatic rings. The van der Waals surface area contributed by atoms with Gasteiger partial charge in [0.2, 0.25) is 0 Å². The molecule has 0 aliphatic carbocycles. The van der Waals surface area contributed by atoms with Gasteiger partial charge in [-0.3, -0.25) is 9.48 Å². The van der Waals surface area contributed by atoms with Crippen molar-refractivity contribution in [2.45, 2.75) is 13.5 Å². The van der Waals surface area contributed by atoms with Crippen LogP contribution in [0.5, 0.6) is 5.75 Å². The Balaban J connectivity index is 1.67. The molecule has 1 N–H and O–H groups in total. The Morgan fingerprint density at radius 3 is 2.79 bits per heavy atom. The molecule has 0 aliphatic rings. The number of carbonyl (C=O) groups is 2. The van der Waals surface area contributed by atoms with Gasteiger partial charge in [-0.15, -0.1) is 0 Å². The topological polar surface area (TPSA) is 95.6 Å². The fraction of sp³-hybridized carbons (Fsp3) is 0.211. The lowest BCUT2D eigenvalue weighted by atomic mass is 10.3. The van der Waals surface area contributed by atoms with Crippen molar-refractivity contribution in [1.29, 1.82) is 0 Å². The molecule has 0 spiro atoms. The zero-order chi connectivity index (χ0) is 20.1. The highest BCUT2D eigenvalue weighted by Crippen LogP contribution is 2.25. The van der Waals surface area contributed by atoms with Gasteiger partial charge in [-0.25, -0.2) is 4.79 Å². The fourth-order valence-corrected chi connectivity index (χ4v) is 2.80. The first-order chi connectivity index (χ1) is 13.5. The largest absolute Gasteiger partial charge is 0.484 e. The average molecular weight is 448 g/mol. The van der Waals surface area contributed by atoms with E-state index in [-0.39, 0.29) is 30.4 Å². The van der Waals surface area contributed by atoms with Crippen LogP contribution < -0.4 is 10.1 Å². The van der Waals surface area contributed by atoms with Gasteiger partial charge in [0, 0.05) is 7.05 Å². The number of anilines is 1. The standard InChI is InChI=1S/C19H18BrN3O5/c1-3-26-19(25)13-10-21-23(2)17(13)22-18(24)16-9-8-12(28-16)11-27-15-7-5-4-6-14(15)20/h4-10H,3,11H2,1-2H3,(H,22,24). The second-order valence-corrected chi connectivity index (χ2v) is 6.54. The lowest BCUT2D eigenvalue weighted by Gasteiger charge is -2.07. The van der Waals surface area contributed by atoms with Crippen molar-refractivity contribution in [1.82, 2.24) is 9.78 Å². The molecule has 0 saturated carbocycles. The number of benzene rings is 1. The highest BCUT2D eigenvalue weighted by molar-refractivity contribution is 9.10. The van der Waals surface area contributed by atoms with E-state index in [1.807, 2.05) is 24.3 Å². The summed E-state index contributed by atoms with van der Waals surface area (Å²) in [6.45, 7) is 2.09. The Bertz CT molecular complexity index is 995. The van der Waals surface area contributed by atoms with Gasteiger partial charge in [-0.2, -0.15) is 5.10 Å². The highest BCUT2D eigenvalue weighted by atomic mass is 79.9. The number of amides is 1. The summed E-state index contributed by atoms with van der Waals surface area (Å²) >= 11 is 3.40. The van der Waals surface area contributed by atoms with E-state index in [0.29, 0.717) is 11.5 Å².